The van der Waals surface area contributed by atoms with Gasteiger partial charge in [-0.15, -0.1) is 0 Å². The average molecular weight is 336 g/mol. The third-order valence-corrected chi connectivity index (χ3v) is 5.11. The molecule has 2 aromatic carbocycles. The first-order valence-electron chi connectivity index (χ1n) is 9.29. The Morgan fingerprint density at radius 3 is 2.16 bits per heavy atom. The molecule has 2 aromatic rings. The number of carbonyl (C=O) groups is 1. The number of carbonyl (C=O) groups excluding carboxylic acids is 1. The number of nitrogens with one attached hydrogen (secondary N) is 1. The Hall–Kier alpha value is -2.29. The molecule has 0 radical (unpaired) electrons. The van der Waals surface area contributed by atoms with Crippen molar-refractivity contribution in [2.75, 3.05) is 23.3 Å². The fraction of sp³-hybridized carbons (Fsp3) is 0.409. The summed E-state index contributed by atoms with van der Waals surface area (Å²) in [5, 5.41) is 2.99. The maximum absolute atomic E-state index is 12.4. The Bertz CT molecular complexity index is 696. The van der Waals surface area contributed by atoms with Gasteiger partial charge < -0.3 is 10.2 Å². The lowest BCUT2D eigenvalue weighted by atomic mass is 9.99. The van der Waals surface area contributed by atoms with Crippen LogP contribution < -0.4 is 10.2 Å². The Morgan fingerprint density at radius 1 is 1.00 bits per heavy atom. The van der Waals surface area contributed by atoms with Crippen molar-refractivity contribution in [3.8, 4) is 0 Å². The number of nitrogens with zero attached hydrogens (tertiary/aromatic N) is 1. The highest BCUT2D eigenvalue weighted by Gasteiger charge is 2.16. The average Bonchev–Trinajstić information content (AvgIpc) is 2.63. The predicted octanol–water partition coefficient (Wildman–Crippen LogP) is 5.30. The largest absolute Gasteiger partial charge is 0.372 e. The van der Waals surface area contributed by atoms with E-state index < -0.39 is 0 Å². The molecule has 0 aromatic heterocycles. The molecule has 1 aliphatic rings. The highest BCUT2D eigenvalue weighted by molar-refractivity contribution is 6.04. The van der Waals surface area contributed by atoms with Crippen LogP contribution in [-0.2, 0) is 0 Å². The van der Waals surface area contributed by atoms with Gasteiger partial charge in [0.15, 0.2) is 0 Å². The molecule has 0 bridgehead atoms. The summed E-state index contributed by atoms with van der Waals surface area (Å²) < 4.78 is 0. The molecule has 0 atom stereocenters. The summed E-state index contributed by atoms with van der Waals surface area (Å²) in [5.74, 6) is 1.24. The number of benzene rings is 2. The van der Waals surface area contributed by atoms with Crippen molar-refractivity contribution in [2.45, 2.75) is 39.5 Å². The maximum Gasteiger partial charge on any atom is 0.255 e. The number of hydrogen-bond donors (Lipinski definition) is 1. The minimum atomic E-state index is -0.0603. The number of hydrogen-bond acceptors (Lipinski definition) is 2. The van der Waals surface area contributed by atoms with Gasteiger partial charge in [-0.25, -0.2) is 0 Å². The quantitative estimate of drug-likeness (QED) is 0.822. The van der Waals surface area contributed by atoms with E-state index >= 15 is 0 Å². The van der Waals surface area contributed by atoms with Crippen LogP contribution in [0, 0.1) is 5.92 Å². The smallest absolute Gasteiger partial charge is 0.255 e. The molecular weight excluding hydrogens is 308 g/mol. The van der Waals surface area contributed by atoms with E-state index in [0.717, 1.165) is 24.7 Å². The zero-order valence-electron chi connectivity index (χ0n) is 15.5. The van der Waals surface area contributed by atoms with Crippen molar-refractivity contribution >= 4 is 17.3 Å². The summed E-state index contributed by atoms with van der Waals surface area (Å²) in [7, 11) is 0. The lowest BCUT2D eigenvalue weighted by Crippen LogP contribution is -2.32. The van der Waals surface area contributed by atoms with Gasteiger partial charge in [0.05, 0.1) is 0 Å². The number of anilines is 2. The lowest BCUT2D eigenvalue weighted by molar-refractivity contribution is 0.102. The van der Waals surface area contributed by atoms with Gasteiger partial charge >= 0.3 is 0 Å². The summed E-state index contributed by atoms with van der Waals surface area (Å²) in [6.07, 6.45) is 2.51. The SMILES string of the molecule is CC1CCN(c2ccc(NC(=O)c3ccc(C(C)C)cc3)cc2)CC1. The van der Waals surface area contributed by atoms with Crippen molar-refractivity contribution in [3.63, 3.8) is 0 Å². The summed E-state index contributed by atoms with van der Waals surface area (Å²) in [6, 6.07) is 16.0. The van der Waals surface area contributed by atoms with Crippen LogP contribution in [-0.4, -0.2) is 19.0 Å². The maximum atomic E-state index is 12.4. The van der Waals surface area contributed by atoms with Gasteiger partial charge in [0, 0.05) is 30.0 Å². The Morgan fingerprint density at radius 2 is 1.60 bits per heavy atom. The first-order valence-corrected chi connectivity index (χ1v) is 9.29. The minimum absolute atomic E-state index is 0.0603. The first-order chi connectivity index (χ1) is 12.0. The topological polar surface area (TPSA) is 32.3 Å². The minimum Gasteiger partial charge on any atom is -0.372 e. The van der Waals surface area contributed by atoms with E-state index in [2.05, 4.69) is 43.1 Å². The van der Waals surface area contributed by atoms with E-state index in [1.807, 2.05) is 36.4 Å². The van der Waals surface area contributed by atoms with Crippen LogP contribution >= 0.6 is 0 Å². The molecule has 25 heavy (non-hydrogen) atoms. The summed E-state index contributed by atoms with van der Waals surface area (Å²) >= 11 is 0. The van der Waals surface area contributed by atoms with Gasteiger partial charge in [-0.1, -0.05) is 32.9 Å². The zero-order valence-corrected chi connectivity index (χ0v) is 15.5. The first kappa shape index (κ1) is 17.5. The molecule has 3 nitrogen and oxygen atoms in total. The van der Waals surface area contributed by atoms with Crippen molar-refractivity contribution in [1.29, 1.82) is 0 Å². The third-order valence-electron chi connectivity index (χ3n) is 5.11. The second-order valence-electron chi connectivity index (χ2n) is 7.45. The fourth-order valence-electron chi connectivity index (χ4n) is 3.25. The zero-order chi connectivity index (χ0) is 17.8. The van der Waals surface area contributed by atoms with Crippen molar-refractivity contribution in [1.82, 2.24) is 0 Å². The summed E-state index contributed by atoms with van der Waals surface area (Å²) in [4.78, 5) is 14.8. The number of amides is 1. The molecule has 1 aliphatic heterocycles. The van der Waals surface area contributed by atoms with Crippen molar-refractivity contribution < 1.29 is 4.79 Å². The number of piperidine rings is 1. The van der Waals surface area contributed by atoms with Crippen LogP contribution in [0.5, 0.6) is 0 Å². The van der Waals surface area contributed by atoms with Gasteiger partial charge in [0.25, 0.3) is 5.91 Å². The third kappa shape index (κ3) is 4.41. The van der Waals surface area contributed by atoms with Gasteiger partial charge in [0.2, 0.25) is 0 Å². The second kappa shape index (κ2) is 7.73. The molecular formula is C22H28N2O. The van der Waals surface area contributed by atoms with Gasteiger partial charge in [-0.05, 0) is 66.6 Å². The molecule has 132 valence electrons. The molecule has 1 N–H and O–H groups in total. The van der Waals surface area contributed by atoms with E-state index in [0.29, 0.717) is 11.5 Å². The van der Waals surface area contributed by atoms with Crippen LogP contribution in [0.15, 0.2) is 48.5 Å². The molecule has 3 rings (SSSR count). The second-order valence-corrected chi connectivity index (χ2v) is 7.45. The van der Waals surface area contributed by atoms with Crippen molar-refractivity contribution in [2.24, 2.45) is 5.92 Å². The van der Waals surface area contributed by atoms with Crippen LogP contribution in [0.3, 0.4) is 0 Å². The molecule has 1 amide bonds. The molecule has 0 unspecified atom stereocenters. The predicted molar refractivity (Wildman–Crippen MR) is 106 cm³/mol. The highest BCUT2D eigenvalue weighted by atomic mass is 16.1. The molecule has 1 saturated heterocycles. The van der Waals surface area contributed by atoms with Gasteiger partial charge in [-0.3, -0.25) is 4.79 Å². The monoisotopic (exact) mass is 336 g/mol. The van der Waals surface area contributed by atoms with E-state index in [1.54, 1.807) is 0 Å². The molecule has 3 heteroatoms. The van der Waals surface area contributed by atoms with Crippen molar-refractivity contribution in [3.05, 3.63) is 59.7 Å². The van der Waals surface area contributed by atoms with Crippen LogP contribution in [0.25, 0.3) is 0 Å². The van der Waals surface area contributed by atoms with E-state index in [9.17, 15) is 4.79 Å². The summed E-state index contributed by atoms with van der Waals surface area (Å²) in [6.45, 7) is 8.87. The Kier molecular flexibility index (Phi) is 5.42. The van der Waals surface area contributed by atoms with Crippen LogP contribution in [0.1, 0.15) is 55.5 Å². The Balaban J connectivity index is 1.61. The standard InChI is InChI=1S/C22H28N2O/c1-16(2)18-4-6-19(7-5-18)22(25)23-20-8-10-21(11-9-20)24-14-12-17(3)13-15-24/h4-11,16-17H,12-15H2,1-3H3,(H,23,25). The fourth-order valence-corrected chi connectivity index (χ4v) is 3.25. The van der Waals surface area contributed by atoms with Gasteiger partial charge in [0.1, 0.15) is 0 Å². The Labute approximate surface area is 151 Å². The molecule has 1 heterocycles. The van der Waals surface area contributed by atoms with E-state index in [1.165, 1.54) is 24.1 Å². The van der Waals surface area contributed by atoms with Crippen LogP contribution in [0.4, 0.5) is 11.4 Å². The molecule has 0 spiro atoms. The molecule has 0 aliphatic carbocycles. The van der Waals surface area contributed by atoms with E-state index in [-0.39, 0.29) is 5.91 Å². The normalized spacial score (nSPS) is 15.4. The molecule has 0 saturated carbocycles. The molecule has 1 fully saturated rings. The highest BCUT2D eigenvalue weighted by Crippen LogP contribution is 2.24. The van der Waals surface area contributed by atoms with Crippen LogP contribution in [0.2, 0.25) is 0 Å². The summed E-state index contributed by atoms with van der Waals surface area (Å²) in [5.41, 5.74) is 4.02. The number of rotatable bonds is 4. The van der Waals surface area contributed by atoms with E-state index in [4.69, 9.17) is 0 Å². The lowest BCUT2D eigenvalue weighted by Gasteiger charge is -2.32. The van der Waals surface area contributed by atoms with Gasteiger partial charge in [-0.2, -0.15) is 0 Å².